The average Bonchev–Trinajstić information content (AvgIpc) is 2.47. The molecule has 21 heavy (non-hydrogen) atoms. The molecule has 0 aliphatic rings. The standard InChI is InChI=1S/C16H13F2NO2/c1-21-15-6-5-12(10-14(15)18)16(20,7-8-19)11-3-2-4-13(17)9-11/h2-6,9-10,20H,7H2,1H3/t16-/m0/s1. The van der Waals surface area contributed by atoms with Crippen molar-refractivity contribution in [1.82, 2.24) is 0 Å². The van der Waals surface area contributed by atoms with Crippen LogP contribution >= 0.6 is 0 Å². The highest BCUT2D eigenvalue weighted by Crippen LogP contribution is 2.35. The third kappa shape index (κ3) is 2.86. The van der Waals surface area contributed by atoms with Gasteiger partial charge >= 0.3 is 0 Å². The number of hydrogen-bond donors (Lipinski definition) is 1. The maximum absolute atomic E-state index is 13.8. The minimum Gasteiger partial charge on any atom is -0.494 e. The Balaban J connectivity index is 2.57. The van der Waals surface area contributed by atoms with Gasteiger partial charge in [0, 0.05) is 0 Å². The Morgan fingerprint density at radius 3 is 2.48 bits per heavy atom. The minimum atomic E-state index is -1.79. The first-order chi connectivity index (χ1) is 10.0. The molecule has 0 saturated heterocycles. The second-order valence-corrected chi connectivity index (χ2v) is 4.55. The second kappa shape index (κ2) is 5.90. The fraction of sp³-hybridized carbons (Fsp3) is 0.188. The van der Waals surface area contributed by atoms with Gasteiger partial charge < -0.3 is 9.84 Å². The van der Waals surface area contributed by atoms with E-state index in [1.54, 1.807) is 0 Å². The largest absolute Gasteiger partial charge is 0.494 e. The first-order valence-corrected chi connectivity index (χ1v) is 6.20. The lowest BCUT2D eigenvalue weighted by molar-refractivity contribution is 0.0852. The first kappa shape index (κ1) is 14.9. The number of methoxy groups -OCH3 is 1. The molecule has 0 aromatic heterocycles. The molecule has 2 aromatic rings. The Hall–Kier alpha value is -2.45. The molecule has 0 amide bonds. The van der Waals surface area contributed by atoms with Crippen LogP contribution in [0.15, 0.2) is 42.5 Å². The van der Waals surface area contributed by atoms with Crippen LogP contribution in [0.1, 0.15) is 17.5 Å². The van der Waals surface area contributed by atoms with E-state index < -0.39 is 17.2 Å². The third-order valence-corrected chi connectivity index (χ3v) is 3.27. The van der Waals surface area contributed by atoms with Gasteiger partial charge in [-0.3, -0.25) is 0 Å². The molecule has 0 spiro atoms. The zero-order chi connectivity index (χ0) is 15.5. The van der Waals surface area contributed by atoms with Crippen molar-refractivity contribution in [3.8, 4) is 11.8 Å². The number of aliphatic hydroxyl groups is 1. The molecule has 0 fully saturated rings. The van der Waals surface area contributed by atoms with Crippen molar-refractivity contribution in [1.29, 1.82) is 5.26 Å². The van der Waals surface area contributed by atoms with Crippen LogP contribution in [0.2, 0.25) is 0 Å². The molecule has 0 radical (unpaired) electrons. The summed E-state index contributed by atoms with van der Waals surface area (Å²) in [7, 11) is 1.33. The number of halogens is 2. The van der Waals surface area contributed by atoms with Gasteiger partial charge in [-0.15, -0.1) is 0 Å². The molecular weight excluding hydrogens is 276 g/mol. The van der Waals surface area contributed by atoms with E-state index in [1.165, 1.54) is 37.4 Å². The van der Waals surface area contributed by atoms with Gasteiger partial charge in [0.25, 0.3) is 0 Å². The fourth-order valence-electron chi connectivity index (χ4n) is 2.15. The van der Waals surface area contributed by atoms with Crippen LogP contribution in [0.4, 0.5) is 8.78 Å². The van der Waals surface area contributed by atoms with Crippen LogP contribution in [-0.4, -0.2) is 12.2 Å². The summed E-state index contributed by atoms with van der Waals surface area (Å²) in [4.78, 5) is 0. The average molecular weight is 289 g/mol. The van der Waals surface area contributed by atoms with Gasteiger partial charge in [0.15, 0.2) is 11.6 Å². The Kier molecular flexibility index (Phi) is 4.20. The molecule has 5 heteroatoms. The highest BCUT2D eigenvalue weighted by Gasteiger charge is 2.32. The maximum Gasteiger partial charge on any atom is 0.165 e. The fourth-order valence-corrected chi connectivity index (χ4v) is 2.15. The summed E-state index contributed by atoms with van der Waals surface area (Å²) < 4.78 is 32.0. The lowest BCUT2D eigenvalue weighted by atomic mass is 9.84. The smallest absolute Gasteiger partial charge is 0.165 e. The van der Waals surface area contributed by atoms with E-state index in [-0.39, 0.29) is 23.3 Å². The molecule has 108 valence electrons. The van der Waals surface area contributed by atoms with Crippen molar-refractivity contribution in [2.45, 2.75) is 12.0 Å². The van der Waals surface area contributed by atoms with Crippen LogP contribution < -0.4 is 4.74 Å². The molecule has 3 nitrogen and oxygen atoms in total. The summed E-state index contributed by atoms with van der Waals surface area (Å²) >= 11 is 0. The van der Waals surface area contributed by atoms with E-state index in [2.05, 4.69) is 0 Å². The van der Waals surface area contributed by atoms with E-state index in [0.717, 1.165) is 12.1 Å². The first-order valence-electron chi connectivity index (χ1n) is 6.20. The van der Waals surface area contributed by atoms with Gasteiger partial charge in [0.2, 0.25) is 0 Å². The van der Waals surface area contributed by atoms with Crippen LogP contribution in [0, 0.1) is 23.0 Å². The van der Waals surface area contributed by atoms with Crippen molar-refractivity contribution in [3.05, 3.63) is 65.2 Å². The topological polar surface area (TPSA) is 53.2 Å². The van der Waals surface area contributed by atoms with Crippen LogP contribution in [0.3, 0.4) is 0 Å². The molecule has 2 rings (SSSR count). The predicted molar refractivity (Wildman–Crippen MR) is 72.6 cm³/mol. The number of rotatable bonds is 4. The quantitative estimate of drug-likeness (QED) is 0.940. The molecule has 0 bridgehead atoms. The highest BCUT2D eigenvalue weighted by molar-refractivity contribution is 5.40. The number of nitrogens with zero attached hydrogens (tertiary/aromatic N) is 1. The number of benzene rings is 2. The van der Waals surface area contributed by atoms with Gasteiger partial charge in [0.05, 0.1) is 19.6 Å². The minimum absolute atomic E-state index is 0.0253. The molecule has 0 heterocycles. The van der Waals surface area contributed by atoms with Gasteiger partial charge in [-0.05, 0) is 35.4 Å². The number of ether oxygens (including phenoxy) is 1. The number of hydrogen-bond acceptors (Lipinski definition) is 3. The van der Waals surface area contributed by atoms with Crippen molar-refractivity contribution in [3.63, 3.8) is 0 Å². The maximum atomic E-state index is 13.8. The van der Waals surface area contributed by atoms with Crippen molar-refractivity contribution in [2.24, 2.45) is 0 Å². The summed E-state index contributed by atoms with van der Waals surface area (Å²) in [5.41, 5.74) is -1.44. The van der Waals surface area contributed by atoms with E-state index in [1.807, 2.05) is 6.07 Å². The zero-order valence-electron chi connectivity index (χ0n) is 11.3. The summed E-state index contributed by atoms with van der Waals surface area (Å²) in [5, 5.41) is 19.7. The van der Waals surface area contributed by atoms with Gasteiger partial charge in [-0.2, -0.15) is 5.26 Å². The molecule has 2 aromatic carbocycles. The summed E-state index contributed by atoms with van der Waals surface area (Å²) in [6.07, 6.45) is -0.331. The molecule has 0 aliphatic heterocycles. The van der Waals surface area contributed by atoms with Gasteiger partial charge in [0.1, 0.15) is 11.4 Å². The Morgan fingerprint density at radius 2 is 1.90 bits per heavy atom. The Bertz CT molecular complexity index is 697. The lowest BCUT2D eigenvalue weighted by Crippen LogP contribution is -2.27. The van der Waals surface area contributed by atoms with Crippen LogP contribution in [0.5, 0.6) is 5.75 Å². The Morgan fingerprint density at radius 1 is 1.19 bits per heavy atom. The predicted octanol–water partition coefficient (Wildman–Crippen LogP) is 3.12. The molecule has 1 atom stereocenters. The zero-order valence-corrected chi connectivity index (χ0v) is 11.3. The molecule has 1 N–H and O–H groups in total. The van der Waals surface area contributed by atoms with Gasteiger partial charge in [-0.25, -0.2) is 8.78 Å². The molecular formula is C16H13F2NO2. The van der Waals surface area contributed by atoms with E-state index in [0.29, 0.717) is 0 Å². The van der Waals surface area contributed by atoms with Crippen molar-refractivity contribution < 1.29 is 18.6 Å². The SMILES string of the molecule is COc1ccc([C@](O)(CC#N)c2cccc(F)c2)cc1F. The van der Waals surface area contributed by atoms with E-state index in [4.69, 9.17) is 10.00 Å². The summed E-state index contributed by atoms with van der Waals surface area (Å²) in [6.45, 7) is 0. The lowest BCUT2D eigenvalue weighted by Gasteiger charge is -2.27. The van der Waals surface area contributed by atoms with E-state index in [9.17, 15) is 13.9 Å². The van der Waals surface area contributed by atoms with Gasteiger partial charge in [-0.1, -0.05) is 18.2 Å². The molecule has 0 aliphatic carbocycles. The second-order valence-electron chi connectivity index (χ2n) is 4.55. The summed E-state index contributed by atoms with van der Waals surface area (Å²) in [5.74, 6) is -1.18. The van der Waals surface area contributed by atoms with Crippen molar-refractivity contribution in [2.75, 3.05) is 7.11 Å². The third-order valence-electron chi connectivity index (χ3n) is 3.27. The summed E-state index contributed by atoms with van der Waals surface area (Å²) in [6, 6.07) is 11.0. The normalized spacial score (nSPS) is 13.3. The Labute approximate surface area is 121 Å². The highest BCUT2D eigenvalue weighted by atomic mass is 19.1. The van der Waals surface area contributed by atoms with Crippen molar-refractivity contribution >= 4 is 0 Å². The van der Waals surface area contributed by atoms with Crippen LogP contribution in [-0.2, 0) is 5.60 Å². The molecule has 0 unspecified atom stereocenters. The molecule has 0 saturated carbocycles. The van der Waals surface area contributed by atoms with Crippen LogP contribution in [0.25, 0.3) is 0 Å². The van der Waals surface area contributed by atoms with E-state index >= 15 is 0 Å². The number of nitriles is 1. The monoisotopic (exact) mass is 289 g/mol.